The first-order valence-corrected chi connectivity index (χ1v) is 6.06. The second-order valence-electron chi connectivity index (χ2n) is 4.19. The van der Waals surface area contributed by atoms with E-state index in [2.05, 4.69) is 6.58 Å². The third-order valence-corrected chi connectivity index (χ3v) is 2.89. The molecule has 1 aliphatic rings. The van der Waals surface area contributed by atoms with Crippen molar-refractivity contribution in [3.05, 3.63) is 12.7 Å². The zero-order valence-electron chi connectivity index (χ0n) is 10.5. The Morgan fingerprint density at radius 3 is 2.61 bits per heavy atom. The Morgan fingerprint density at radius 2 is 2.11 bits per heavy atom. The van der Waals surface area contributed by atoms with Crippen LogP contribution >= 0.6 is 0 Å². The molecule has 1 rings (SSSR count). The zero-order chi connectivity index (χ0) is 13.5. The maximum absolute atomic E-state index is 11.8. The molecule has 0 heterocycles. The number of hydrogen-bond acceptors (Lipinski definition) is 5. The van der Waals surface area contributed by atoms with E-state index in [0.717, 1.165) is 0 Å². The highest BCUT2D eigenvalue weighted by Gasteiger charge is 2.40. The molecule has 0 spiro atoms. The van der Waals surface area contributed by atoms with Gasteiger partial charge in [0.05, 0.1) is 6.61 Å². The number of ether oxygens (including phenoxy) is 2. The monoisotopic (exact) mass is 254 g/mol. The molecule has 0 amide bonds. The summed E-state index contributed by atoms with van der Waals surface area (Å²) in [5.74, 6) is -2.45. The number of ketones is 1. The zero-order valence-corrected chi connectivity index (χ0v) is 10.5. The molecule has 100 valence electrons. The molecule has 5 nitrogen and oxygen atoms in total. The van der Waals surface area contributed by atoms with Crippen LogP contribution in [0.3, 0.4) is 0 Å². The van der Waals surface area contributed by atoms with E-state index in [1.54, 1.807) is 6.92 Å². The lowest BCUT2D eigenvalue weighted by Gasteiger charge is -2.19. The summed E-state index contributed by atoms with van der Waals surface area (Å²) in [6.45, 7) is 5.36. The molecule has 2 atom stereocenters. The fourth-order valence-corrected chi connectivity index (χ4v) is 2.07. The van der Waals surface area contributed by atoms with Crippen LogP contribution in [-0.4, -0.2) is 30.9 Å². The summed E-state index contributed by atoms with van der Waals surface area (Å²) in [5, 5.41) is 0. The van der Waals surface area contributed by atoms with Gasteiger partial charge in [-0.3, -0.25) is 14.4 Å². The van der Waals surface area contributed by atoms with Gasteiger partial charge in [-0.15, -0.1) is 0 Å². The Hall–Kier alpha value is -1.65. The third kappa shape index (κ3) is 3.68. The van der Waals surface area contributed by atoms with Crippen molar-refractivity contribution in [3.8, 4) is 0 Å². The fraction of sp³-hybridized carbons (Fsp3) is 0.615. The highest BCUT2D eigenvalue weighted by atomic mass is 16.6. The van der Waals surface area contributed by atoms with Crippen LogP contribution in [0.15, 0.2) is 12.7 Å². The molecule has 0 aromatic carbocycles. The number of Topliss-reactive ketones (excluding diaryl/α,β-unsaturated/α-hetero) is 1. The Balaban J connectivity index is 2.73. The van der Waals surface area contributed by atoms with Crippen LogP contribution in [-0.2, 0) is 23.9 Å². The van der Waals surface area contributed by atoms with Crippen LogP contribution in [0.25, 0.3) is 0 Å². The minimum atomic E-state index is -0.989. The second kappa shape index (κ2) is 6.93. The summed E-state index contributed by atoms with van der Waals surface area (Å²) in [5.41, 5.74) is 0. The van der Waals surface area contributed by atoms with Crippen LogP contribution < -0.4 is 0 Å². The molecular weight excluding hydrogens is 236 g/mol. The summed E-state index contributed by atoms with van der Waals surface area (Å²) in [6, 6.07) is 0. The maximum Gasteiger partial charge on any atom is 0.320 e. The lowest BCUT2D eigenvalue weighted by Crippen LogP contribution is -2.33. The van der Waals surface area contributed by atoms with E-state index < -0.39 is 17.9 Å². The van der Waals surface area contributed by atoms with Crippen molar-refractivity contribution in [2.45, 2.75) is 26.2 Å². The van der Waals surface area contributed by atoms with Crippen molar-refractivity contribution in [2.75, 3.05) is 13.2 Å². The first-order chi connectivity index (χ1) is 8.60. The van der Waals surface area contributed by atoms with E-state index in [0.29, 0.717) is 12.8 Å². The molecule has 1 fully saturated rings. The molecular formula is C13H18O5. The Bertz CT molecular complexity index is 347. The molecule has 5 heteroatoms. The summed E-state index contributed by atoms with van der Waals surface area (Å²) < 4.78 is 9.78. The van der Waals surface area contributed by atoms with Gasteiger partial charge in [0.2, 0.25) is 0 Å². The lowest BCUT2D eigenvalue weighted by atomic mass is 9.91. The van der Waals surface area contributed by atoms with E-state index in [-0.39, 0.29) is 31.3 Å². The van der Waals surface area contributed by atoms with Crippen molar-refractivity contribution in [1.29, 1.82) is 0 Å². The standard InChI is InChI=1S/C13H18O5/c1-3-7-18-13(16)11(12(15)17-4-2)9-5-6-10(14)8-9/h3,9,11H,1,4-8H2,2H3. The van der Waals surface area contributed by atoms with E-state index in [4.69, 9.17) is 9.47 Å². The van der Waals surface area contributed by atoms with Gasteiger partial charge in [-0.1, -0.05) is 12.7 Å². The van der Waals surface area contributed by atoms with E-state index in [9.17, 15) is 14.4 Å². The van der Waals surface area contributed by atoms with Crippen LogP contribution in [0.4, 0.5) is 0 Å². The van der Waals surface area contributed by atoms with Crippen LogP contribution in [0.1, 0.15) is 26.2 Å². The summed E-state index contributed by atoms with van der Waals surface area (Å²) in [6.07, 6.45) is 2.62. The Kier molecular flexibility index (Phi) is 5.55. The quantitative estimate of drug-likeness (QED) is 0.405. The lowest BCUT2D eigenvalue weighted by molar-refractivity contribution is -0.163. The maximum atomic E-state index is 11.8. The summed E-state index contributed by atoms with van der Waals surface area (Å²) in [7, 11) is 0. The van der Waals surface area contributed by atoms with E-state index in [1.807, 2.05) is 0 Å². The van der Waals surface area contributed by atoms with Gasteiger partial charge in [0.25, 0.3) is 0 Å². The van der Waals surface area contributed by atoms with Gasteiger partial charge >= 0.3 is 11.9 Å². The number of rotatable bonds is 6. The van der Waals surface area contributed by atoms with Crippen LogP contribution in [0, 0.1) is 11.8 Å². The highest BCUT2D eigenvalue weighted by molar-refractivity contribution is 5.96. The van der Waals surface area contributed by atoms with Crippen LogP contribution in [0.5, 0.6) is 0 Å². The first-order valence-electron chi connectivity index (χ1n) is 6.06. The third-order valence-electron chi connectivity index (χ3n) is 2.89. The molecule has 2 unspecified atom stereocenters. The van der Waals surface area contributed by atoms with Crippen molar-refractivity contribution >= 4 is 17.7 Å². The van der Waals surface area contributed by atoms with Crippen molar-refractivity contribution in [3.63, 3.8) is 0 Å². The average molecular weight is 254 g/mol. The molecule has 0 aliphatic heterocycles. The van der Waals surface area contributed by atoms with Crippen LogP contribution in [0.2, 0.25) is 0 Å². The largest absolute Gasteiger partial charge is 0.465 e. The smallest absolute Gasteiger partial charge is 0.320 e. The minimum absolute atomic E-state index is 0.0510. The van der Waals surface area contributed by atoms with Crippen molar-refractivity contribution in [1.82, 2.24) is 0 Å². The molecule has 1 aliphatic carbocycles. The van der Waals surface area contributed by atoms with E-state index in [1.165, 1.54) is 6.08 Å². The van der Waals surface area contributed by atoms with Gasteiger partial charge in [-0.05, 0) is 19.3 Å². The van der Waals surface area contributed by atoms with Crippen molar-refractivity contribution < 1.29 is 23.9 Å². The Labute approximate surface area is 106 Å². The van der Waals surface area contributed by atoms with E-state index >= 15 is 0 Å². The number of esters is 2. The molecule has 0 bridgehead atoms. The summed E-state index contributed by atoms with van der Waals surface area (Å²) >= 11 is 0. The number of carbonyl (C=O) groups is 3. The van der Waals surface area contributed by atoms with Gasteiger partial charge in [0.15, 0.2) is 5.92 Å². The average Bonchev–Trinajstić information content (AvgIpc) is 2.73. The minimum Gasteiger partial charge on any atom is -0.465 e. The van der Waals surface area contributed by atoms with Gasteiger partial charge < -0.3 is 9.47 Å². The topological polar surface area (TPSA) is 69.7 Å². The van der Waals surface area contributed by atoms with Crippen molar-refractivity contribution in [2.24, 2.45) is 11.8 Å². The number of carbonyl (C=O) groups excluding carboxylic acids is 3. The molecule has 0 saturated heterocycles. The first kappa shape index (κ1) is 14.4. The molecule has 0 aromatic rings. The normalized spacial score (nSPS) is 20.3. The predicted octanol–water partition coefficient (Wildman–Crippen LogP) is 1.26. The SMILES string of the molecule is C=CCOC(=O)C(C(=O)OCC)C1CCC(=O)C1. The van der Waals surface area contributed by atoms with Gasteiger partial charge in [0, 0.05) is 12.8 Å². The molecule has 0 N–H and O–H groups in total. The molecule has 0 radical (unpaired) electrons. The Morgan fingerprint density at radius 1 is 1.44 bits per heavy atom. The highest BCUT2D eigenvalue weighted by Crippen LogP contribution is 2.31. The van der Waals surface area contributed by atoms with Gasteiger partial charge in [-0.25, -0.2) is 0 Å². The molecule has 0 aromatic heterocycles. The van der Waals surface area contributed by atoms with Gasteiger partial charge in [0.1, 0.15) is 12.4 Å². The second-order valence-corrected chi connectivity index (χ2v) is 4.19. The molecule has 18 heavy (non-hydrogen) atoms. The fourth-order valence-electron chi connectivity index (χ4n) is 2.07. The summed E-state index contributed by atoms with van der Waals surface area (Å²) in [4.78, 5) is 34.9. The molecule has 1 saturated carbocycles. The van der Waals surface area contributed by atoms with Gasteiger partial charge in [-0.2, -0.15) is 0 Å². The predicted molar refractivity (Wildman–Crippen MR) is 63.6 cm³/mol. The number of hydrogen-bond donors (Lipinski definition) is 0.